The fourth-order valence-electron chi connectivity index (χ4n) is 4.17. The van der Waals surface area contributed by atoms with E-state index in [1.807, 2.05) is 31.2 Å². The first kappa shape index (κ1) is 27.3. The molecule has 4 aromatic rings. The first-order valence-corrected chi connectivity index (χ1v) is 12.6. The van der Waals surface area contributed by atoms with E-state index in [2.05, 4.69) is 29.6 Å². The third kappa shape index (κ3) is 7.85. The van der Waals surface area contributed by atoms with Gasteiger partial charge >= 0.3 is 5.97 Å². The Morgan fingerprint density at radius 3 is 2.26 bits per heavy atom. The van der Waals surface area contributed by atoms with Gasteiger partial charge in [0.1, 0.15) is 23.0 Å². The molecule has 0 heterocycles. The Hall–Kier alpha value is -4.78. The van der Waals surface area contributed by atoms with E-state index in [1.165, 1.54) is 16.7 Å². The van der Waals surface area contributed by atoms with Gasteiger partial charge < -0.3 is 24.6 Å². The first-order chi connectivity index (χ1) is 18.9. The van der Waals surface area contributed by atoms with Gasteiger partial charge in [0.15, 0.2) is 6.61 Å². The minimum Gasteiger partial charge on any atom is -0.497 e. The minimum absolute atomic E-state index is 0.179. The predicted octanol–water partition coefficient (Wildman–Crippen LogP) is 5.82. The van der Waals surface area contributed by atoms with Crippen molar-refractivity contribution >= 4 is 11.9 Å². The number of nitrogens with one attached hydrogen (secondary N) is 1. The average Bonchev–Trinajstić information content (AvgIpc) is 2.94. The van der Waals surface area contributed by atoms with Crippen LogP contribution >= 0.6 is 0 Å². The molecule has 2 N–H and O–H groups in total. The van der Waals surface area contributed by atoms with Gasteiger partial charge in [-0.3, -0.25) is 4.79 Å². The van der Waals surface area contributed by atoms with Crippen molar-refractivity contribution in [2.75, 3.05) is 20.3 Å². The number of carbonyl (C=O) groups excluding carboxylic acids is 1. The molecule has 0 aliphatic heterocycles. The van der Waals surface area contributed by atoms with Crippen LogP contribution in [0.3, 0.4) is 0 Å². The molecule has 7 heteroatoms. The number of carboxylic acids is 1. The molecular formula is C32H31NO6. The van der Waals surface area contributed by atoms with Crippen LogP contribution in [-0.2, 0) is 17.6 Å². The minimum atomic E-state index is -1.04. The smallest absolute Gasteiger partial charge is 0.341 e. The highest BCUT2D eigenvalue weighted by molar-refractivity contribution is 5.94. The van der Waals surface area contributed by atoms with Gasteiger partial charge in [0.25, 0.3) is 5.91 Å². The van der Waals surface area contributed by atoms with Gasteiger partial charge in [-0.2, -0.15) is 0 Å². The van der Waals surface area contributed by atoms with Gasteiger partial charge in [0.2, 0.25) is 0 Å². The second-order valence-electron chi connectivity index (χ2n) is 9.04. The molecule has 0 radical (unpaired) electrons. The largest absolute Gasteiger partial charge is 0.497 e. The summed E-state index contributed by atoms with van der Waals surface area (Å²) in [7, 11) is 1.66. The number of benzene rings is 4. The Kier molecular flexibility index (Phi) is 9.19. The third-order valence-corrected chi connectivity index (χ3v) is 6.18. The number of methoxy groups -OCH3 is 1. The Balaban J connectivity index is 1.33. The standard InChI is InChI=1S/C32H31NO6/c1-22-18-29(14-15-30(22)38-21-31(34)35)39-28-9-5-8-26(20-28)32(36)33-17-16-24-6-3-4-7-25(24)19-23-10-12-27(37-2)13-11-23/h3-15,18,20H,16-17,19,21H2,1-2H3,(H,33,36)(H,34,35). The summed E-state index contributed by atoms with van der Waals surface area (Å²) in [6.07, 6.45) is 1.52. The van der Waals surface area contributed by atoms with Crippen LogP contribution in [0.5, 0.6) is 23.0 Å². The van der Waals surface area contributed by atoms with E-state index in [0.717, 1.165) is 17.7 Å². The van der Waals surface area contributed by atoms with E-state index < -0.39 is 12.6 Å². The summed E-state index contributed by atoms with van der Waals surface area (Å²) < 4.78 is 16.4. The molecule has 0 unspecified atom stereocenters. The lowest BCUT2D eigenvalue weighted by atomic mass is 9.98. The zero-order valence-electron chi connectivity index (χ0n) is 22.0. The van der Waals surface area contributed by atoms with E-state index in [9.17, 15) is 9.59 Å². The maximum absolute atomic E-state index is 12.9. The molecule has 7 nitrogen and oxygen atoms in total. The van der Waals surface area contributed by atoms with Crippen molar-refractivity contribution in [2.45, 2.75) is 19.8 Å². The number of hydrogen-bond donors (Lipinski definition) is 2. The fourth-order valence-corrected chi connectivity index (χ4v) is 4.17. The zero-order chi connectivity index (χ0) is 27.6. The number of carbonyl (C=O) groups is 2. The molecule has 0 aromatic heterocycles. The normalized spacial score (nSPS) is 10.5. The molecule has 0 aliphatic carbocycles. The van der Waals surface area contributed by atoms with Crippen LogP contribution in [0.15, 0.2) is 91.0 Å². The van der Waals surface area contributed by atoms with Crippen molar-refractivity contribution in [1.82, 2.24) is 5.32 Å². The predicted molar refractivity (Wildman–Crippen MR) is 149 cm³/mol. The van der Waals surface area contributed by atoms with Crippen LogP contribution in [0.2, 0.25) is 0 Å². The van der Waals surface area contributed by atoms with E-state index >= 15 is 0 Å². The molecule has 0 bridgehead atoms. The molecule has 0 spiro atoms. The summed E-state index contributed by atoms with van der Waals surface area (Å²) >= 11 is 0. The van der Waals surface area contributed by atoms with Crippen LogP contribution in [-0.4, -0.2) is 37.2 Å². The summed E-state index contributed by atoms with van der Waals surface area (Å²) in [6, 6.07) is 28.4. The number of carboxylic acid groups (broad SMARTS) is 1. The summed E-state index contributed by atoms with van der Waals surface area (Å²) in [6.45, 7) is 1.90. The first-order valence-electron chi connectivity index (χ1n) is 12.6. The molecule has 0 fully saturated rings. The topological polar surface area (TPSA) is 94.1 Å². The fraction of sp³-hybridized carbons (Fsp3) is 0.188. The zero-order valence-corrected chi connectivity index (χ0v) is 22.0. The number of amides is 1. The Bertz CT molecular complexity index is 1430. The van der Waals surface area contributed by atoms with Crippen molar-refractivity contribution in [2.24, 2.45) is 0 Å². The van der Waals surface area contributed by atoms with Crippen LogP contribution in [0.1, 0.15) is 32.6 Å². The lowest BCUT2D eigenvalue weighted by molar-refractivity contribution is -0.139. The highest BCUT2D eigenvalue weighted by atomic mass is 16.5. The Morgan fingerprint density at radius 2 is 1.54 bits per heavy atom. The van der Waals surface area contributed by atoms with Gasteiger partial charge in [0.05, 0.1) is 7.11 Å². The van der Waals surface area contributed by atoms with Gasteiger partial charge in [0, 0.05) is 12.1 Å². The maximum Gasteiger partial charge on any atom is 0.341 e. The van der Waals surface area contributed by atoms with Gasteiger partial charge in [-0.25, -0.2) is 4.79 Å². The molecule has 0 saturated carbocycles. The summed E-state index contributed by atoms with van der Waals surface area (Å²) in [5.74, 6) is 1.17. The van der Waals surface area contributed by atoms with Crippen LogP contribution in [0.4, 0.5) is 0 Å². The number of ether oxygens (including phenoxy) is 3. The molecule has 200 valence electrons. The van der Waals surface area contributed by atoms with Crippen LogP contribution in [0, 0.1) is 6.92 Å². The van der Waals surface area contributed by atoms with E-state index in [0.29, 0.717) is 35.8 Å². The number of aryl methyl sites for hydroxylation is 1. The van der Waals surface area contributed by atoms with Crippen molar-refractivity contribution in [3.8, 4) is 23.0 Å². The number of aliphatic carboxylic acids is 1. The van der Waals surface area contributed by atoms with Crippen LogP contribution in [0.25, 0.3) is 0 Å². The highest BCUT2D eigenvalue weighted by Gasteiger charge is 2.10. The van der Waals surface area contributed by atoms with E-state index in [4.69, 9.17) is 19.3 Å². The van der Waals surface area contributed by atoms with Crippen molar-refractivity contribution < 1.29 is 28.9 Å². The molecule has 0 saturated heterocycles. The lowest BCUT2D eigenvalue weighted by Crippen LogP contribution is -2.25. The van der Waals surface area contributed by atoms with Crippen molar-refractivity contribution in [1.29, 1.82) is 0 Å². The van der Waals surface area contributed by atoms with E-state index in [1.54, 1.807) is 49.6 Å². The second-order valence-corrected chi connectivity index (χ2v) is 9.04. The maximum atomic E-state index is 12.9. The summed E-state index contributed by atoms with van der Waals surface area (Å²) in [5.41, 5.74) is 4.85. The quantitative estimate of drug-likeness (QED) is 0.242. The molecule has 0 atom stereocenters. The molecule has 4 rings (SSSR count). The molecule has 39 heavy (non-hydrogen) atoms. The monoisotopic (exact) mass is 525 g/mol. The Labute approximate surface area is 228 Å². The number of hydrogen-bond acceptors (Lipinski definition) is 5. The summed E-state index contributed by atoms with van der Waals surface area (Å²) in [4.78, 5) is 23.6. The lowest BCUT2D eigenvalue weighted by Gasteiger charge is -2.12. The average molecular weight is 526 g/mol. The molecule has 0 aliphatic rings. The van der Waals surface area contributed by atoms with Crippen molar-refractivity contribution in [3.05, 3.63) is 119 Å². The van der Waals surface area contributed by atoms with Gasteiger partial charge in [-0.1, -0.05) is 42.5 Å². The second kappa shape index (κ2) is 13.1. The highest BCUT2D eigenvalue weighted by Crippen LogP contribution is 2.28. The van der Waals surface area contributed by atoms with Gasteiger partial charge in [-0.05, 0) is 90.6 Å². The third-order valence-electron chi connectivity index (χ3n) is 6.18. The van der Waals surface area contributed by atoms with Gasteiger partial charge in [-0.15, -0.1) is 0 Å². The number of rotatable bonds is 12. The van der Waals surface area contributed by atoms with E-state index in [-0.39, 0.29) is 5.91 Å². The van der Waals surface area contributed by atoms with Crippen LogP contribution < -0.4 is 19.5 Å². The Morgan fingerprint density at radius 1 is 0.821 bits per heavy atom. The summed E-state index contributed by atoms with van der Waals surface area (Å²) in [5, 5.41) is 11.8. The van der Waals surface area contributed by atoms with Crippen molar-refractivity contribution in [3.63, 3.8) is 0 Å². The molecule has 4 aromatic carbocycles. The molecule has 1 amide bonds. The SMILES string of the molecule is COc1ccc(Cc2ccccc2CCNC(=O)c2cccc(Oc3ccc(OCC(=O)O)c(C)c3)c2)cc1. The molecular weight excluding hydrogens is 494 g/mol.